The van der Waals surface area contributed by atoms with Gasteiger partial charge in [-0.2, -0.15) is 0 Å². The van der Waals surface area contributed by atoms with Crippen LogP contribution in [-0.2, 0) is 0 Å². The quantitative estimate of drug-likeness (QED) is 0.726. The second-order valence-corrected chi connectivity index (χ2v) is 6.11. The van der Waals surface area contributed by atoms with Crippen LogP contribution in [0.15, 0.2) is 60.9 Å². The Morgan fingerprint density at radius 3 is 2.25 bits per heavy atom. The molecule has 0 amide bonds. The second-order valence-electron chi connectivity index (χ2n) is 6.11. The lowest BCUT2D eigenvalue weighted by Crippen LogP contribution is -2.30. The summed E-state index contributed by atoms with van der Waals surface area (Å²) in [7, 11) is 0. The van der Waals surface area contributed by atoms with Gasteiger partial charge in [0.1, 0.15) is 5.69 Å². The summed E-state index contributed by atoms with van der Waals surface area (Å²) < 4.78 is 0. The fourth-order valence-corrected chi connectivity index (χ4v) is 3.22. The van der Waals surface area contributed by atoms with Gasteiger partial charge < -0.3 is 4.90 Å². The van der Waals surface area contributed by atoms with Gasteiger partial charge >= 0.3 is 0 Å². The molecule has 0 atom stereocenters. The molecule has 2 aromatic heterocycles. The molecule has 1 fully saturated rings. The Labute approximate surface area is 142 Å². The van der Waals surface area contributed by atoms with Crippen molar-refractivity contribution >= 4 is 5.82 Å². The van der Waals surface area contributed by atoms with E-state index in [2.05, 4.69) is 50.4 Å². The van der Waals surface area contributed by atoms with Crippen molar-refractivity contribution in [3.63, 3.8) is 0 Å². The van der Waals surface area contributed by atoms with Crippen LogP contribution in [0.2, 0.25) is 0 Å². The summed E-state index contributed by atoms with van der Waals surface area (Å²) in [5.41, 5.74) is 4.24. The van der Waals surface area contributed by atoms with Crippen LogP contribution >= 0.6 is 0 Å². The molecule has 1 aliphatic rings. The molecule has 1 aromatic carbocycles. The van der Waals surface area contributed by atoms with Crippen molar-refractivity contribution in [2.75, 3.05) is 18.0 Å². The van der Waals surface area contributed by atoms with Crippen LogP contribution in [-0.4, -0.2) is 28.3 Å². The molecule has 0 aliphatic carbocycles. The van der Waals surface area contributed by atoms with Gasteiger partial charge in [0.05, 0.1) is 0 Å². The number of benzene rings is 1. The molecule has 0 spiro atoms. The Morgan fingerprint density at radius 2 is 1.50 bits per heavy atom. The number of nitrogens with zero attached hydrogens (tertiary/aromatic N) is 4. The maximum atomic E-state index is 4.58. The Morgan fingerprint density at radius 1 is 0.750 bits per heavy atom. The first-order valence-corrected chi connectivity index (χ1v) is 8.50. The number of piperidine rings is 1. The van der Waals surface area contributed by atoms with Gasteiger partial charge in [-0.15, -0.1) is 10.2 Å². The molecule has 0 unspecified atom stereocenters. The Hall–Kier alpha value is -2.75. The molecule has 4 heteroatoms. The van der Waals surface area contributed by atoms with Gasteiger partial charge in [-0.25, -0.2) is 0 Å². The van der Waals surface area contributed by atoms with E-state index in [9.17, 15) is 0 Å². The predicted molar refractivity (Wildman–Crippen MR) is 96.8 cm³/mol. The van der Waals surface area contributed by atoms with Gasteiger partial charge in [-0.3, -0.25) is 4.98 Å². The summed E-state index contributed by atoms with van der Waals surface area (Å²) in [5.74, 6) is 0.978. The van der Waals surface area contributed by atoms with Crippen LogP contribution in [0.25, 0.3) is 22.4 Å². The fraction of sp³-hybridized carbons (Fsp3) is 0.250. The second kappa shape index (κ2) is 6.79. The first-order chi connectivity index (χ1) is 11.9. The molecular weight excluding hydrogens is 296 g/mol. The van der Waals surface area contributed by atoms with E-state index in [1.807, 2.05) is 18.2 Å². The lowest BCUT2D eigenvalue weighted by atomic mass is 10.0. The molecular formula is C20H20N4. The molecule has 0 bridgehead atoms. The Balaban J connectivity index is 1.82. The zero-order chi connectivity index (χ0) is 16.2. The third kappa shape index (κ3) is 3.00. The molecule has 0 saturated carbocycles. The van der Waals surface area contributed by atoms with E-state index in [1.54, 1.807) is 12.4 Å². The van der Waals surface area contributed by atoms with E-state index in [0.29, 0.717) is 0 Å². The molecule has 120 valence electrons. The summed E-state index contributed by atoms with van der Waals surface area (Å²) in [5, 5.41) is 9.10. The van der Waals surface area contributed by atoms with Crippen molar-refractivity contribution < 1.29 is 0 Å². The van der Waals surface area contributed by atoms with Crippen molar-refractivity contribution in [2.45, 2.75) is 19.3 Å². The van der Waals surface area contributed by atoms with E-state index < -0.39 is 0 Å². The van der Waals surface area contributed by atoms with Crippen molar-refractivity contribution in [1.82, 2.24) is 15.2 Å². The first-order valence-electron chi connectivity index (χ1n) is 8.50. The lowest BCUT2D eigenvalue weighted by Gasteiger charge is -2.27. The van der Waals surface area contributed by atoms with Gasteiger partial charge in [-0.1, -0.05) is 30.3 Å². The van der Waals surface area contributed by atoms with E-state index >= 15 is 0 Å². The summed E-state index contributed by atoms with van der Waals surface area (Å²) in [6, 6.07) is 16.6. The molecule has 0 N–H and O–H groups in total. The number of hydrogen-bond acceptors (Lipinski definition) is 4. The minimum atomic E-state index is 0.907. The lowest BCUT2D eigenvalue weighted by molar-refractivity contribution is 0.571. The summed E-state index contributed by atoms with van der Waals surface area (Å²) >= 11 is 0. The third-order valence-electron chi connectivity index (χ3n) is 4.50. The summed E-state index contributed by atoms with van der Waals surface area (Å²) in [4.78, 5) is 6.45. The van der Waals surface area contributed by atoms with E-state index in [1.165, 1.54) is 19.3 Å². The summed E-state index contributed by atoms with van der Waals surface area (Å²) in [6.07, 6.45) is 7.36. The smallest absolute Gasteiger partial charge is 0.151 e. The predicted octanol–water partition coefficient (Wildman–Crippen LogP) is 4.20. The average Bonchev–Trinajstić information content (AvgIpc) is 2.69. The molecule has 4 rings (SSSR count). The zero-order valence-electron chi connectivity index (χ0n) is 13.6. The highest BCUT2D eigenvalue weighted by Gasteiger charge is 2.17. The van der Waals surface area contributed by atoms with Crippen LogP contribution in [0.5, 0.6) is 0 Å². The van der Waals surface area contributed by atoms with Gasteiger partial charge in [-0.05, 0) is 43.0 Å². The maximum absolute atomic E-state index is 4.58. The normalized spacial score (nSPS) is 14.6. The van der Waals surface area contributed by atoms with Gasteiger partial charge in [0.25, 0.3) is 0 Å². The van der Waals surface area contributed by atoms with Crippen molar-refractivity contribution in [3.05, 3.63) is 60.9 Å². The molecule has 3 aromatic rings. The van der Waals surface area contributed by atoms with Crippen LogP contribution in [0.4, 0.5) is 5.82 Å². The highest BCUT2D eigenvalue weighted by Crippen LogP contribution is 2.32. The zero-order valence-corrected chi connectivity index (χ0v) is 13.6. The fourth-order valence-electron chi connectivity index (χ4n) is 3.22. The van der Waals surface area contributed by atoms with Gasteiger partial charge in [0.2, 0.25) is 0 Å². The molecule has 24 heavy (non-hydrogen) atoms. The van der Waals surface area contributed by atoms with Crippen molar-refractivity contribution in [1.29, 1.82) is 0 Å². The topological polar surface area (TPSA) is 41.9 Å². The number of rotatable bonds is 3. The molecule has 1 saturated heterocycles. The van der Waals surface area contributed by atoms with E-state index in [-0.39, 0.29) is 0 Å². The van der Waals surface area contributed by atoms with E-state index in [4.69, 9.17) is 0 Å². The van der Waals surface area contributed by atoms with Crippen LogP contribution in [0, 0.1) is 0 Å². The third-order valence-corrected chi connectivity index (χ3v) is 4.50. The van der Waals surface area contributed by atoms with E-state index in [0.717, 1.165) is 41.3 Å². The molecule has 3 heterocycles. The van der Waals surface area contributed by atoms with Gasteiger partial charge in [0, 0.05) is 36.6 Å². The van der Waals surface area contributed by atoms with Crippen LogP contribution < -0.4 is 4.90 Å². The maximum Gasteiger partial charge on any atom is 0.151 e. The Bertz CT molecular complexity index is 796. The summed E-state index contributed by atoms with van der Waals surface area (Å²) in [6.45, 7) is 2.13. The highest BCUT2D eigenvalue weighted by atomic mass is 15.3. The SMILES string of the molecule is c1ccc(-c2cc(N3CCCCC3)nnc2-c2ccncc2)cc1. The largest absolute Gasteiger partial charge is 0.355 e. The molecule has 1 aliphatic heterocycles. The minimum Gasteiger partial charge on any atom is -0.355 e. The standard InChI is InChI=1S/C20H20N4/c1-3-7-16(8-4-1)18-15-19(24-13-5-2-6-14-24)22-23-20(18)17-9-11-21-12-10-17/h1,3-4,7-12,15H,2,5-6,13-14H2. The first kappa shape index (κ1) is 14.8. The monoisotopic (exact) mass is 316 g/mol. The van der Waals surface area contributed by atoms with Gasteiger partial charge in [0.15, 0.2) is 5.82 Å². The number of aromatic nitrogens is 3. The number of anilines is 1. The number of pyridine rings is 1. The van der Waals surface area contributed by atoms with Crippen LogP contribution in [0.3, 0.4) is 0 Å². The average molecular weight is 316 g/mol. The minimum absolute atomic E-state index is 0.907. The highest BCUT2D eigenvalue weighted by molar-refractivity contribution is 5.81. The molecule has 4 nitrogen and oxygen atoms in total. The Kier molecular flexibility index (Phi) is 4.19. The molecule has 0 radical (unpaired) electrons. The number of hydrogen-bond donors (Lipinski definition) is 0. The van der Waals surface area contributed by atoms with Crippen molar-refractivity contribution in [2.24, 2.45) is 0 Å². The van der Waals surface area contributed by atoms with Crippen molar-refractivity contribution in [3.8, 4) is 22.4 Å². The van der Waals surface area contributed by atoms with Crippen LogP contribution in [0.1, 0.15) is 19.3 Å².